The van der Waals surface area contributed by atoms with Crippen molar-refractivity contribution in [1.82, 2.24) is 13.7 Å². The molecule has 0 N–H and O–H groups in total. The van der Waals surface area contributed by atoms with E-state index in [2.05, 4.69) is 432 Å². The number of benzene rings is 21. The van der Waals surface area contributed by atoms with Crippen LogP contribution in [0.15, 0.2) is 481 Å². The molecule has 9 heteroatoms. The quantitative estimate of drug-likeness (QED) is 0.143. The molecule has 21 aromatic carbocycles. The average Bonchev–Trinajstić information content (AvgIpc) is 1.57. The summed E-state index contributed by atoms with van der Waals surface area (Å²) in [7, 11) is 0. The summed E-state index contributed by atoms with van der Waals surface area (Å²) in [5.41, 5.74) is 34.5. The van der Waals surface area contributed by atoms with Crippen molar-refractivity contribution in [3.8, 4) is 83.8 Å². The monoisotopic (exact) mass is 1730 g/mol. The van der Waals surface area contributed by atoms with E-state index >= 15 is 0 Å². The Kier molecular flexibility index (Phi) is 17.0. The van der Waals surface area contributed by atoms with Crippen molar-refractivity contribution in [2.24, 2.45) is 0 Å². The molecule has 9 nitrogen and oxygen atoms in total. The molecule has 0 saturated carbocycles. The Morgan fingerprint density at radius 2 is 0.407 bits per heavy atom. The van der Waals surface area contributed by atoms with Crippen molar-refractivity contribution in [2.75, 3.05) is 0 Å². The van der Waals surface area contributed by atoms with E-state index in [1.54, 1.807) is 0 Å². The number of nitrogens with zero attached hydrogens (tertiary/aromatic N) is 3. The van der Waals surface area contributed by atoms with Gasteiger partial charge in [0.05, 0.1) is 50.2 Å². The fraction of sp³-hybridized carbons (Fsp3) is 0. The van der Waals surface area contributed by atoms with E-state index in [1.807, 2.05) is 36.4 Å². The third-order valence-corrected chi connectivity index (χ3v) is 27.6. The van der Waals surface area contributed by atoms with E-state index in [4.69, 9.17) is 26.5 Å². The Hall–Kier alpha value is -18.2. The first-order valence-electron chi connectivity index (χ1n) is 45.8. The standard InChI is InChI=1S/3C42H25NO2/c1-2-11-26(12-3-1)27-23-24-36-34(25-27)28-13-4-6-19-35(28)43(36)37-20-9-18-33-40-30(15-10-22-39(40)45-42(33)37)32-17-8-16-31-29-14-5-7-21-38(29)44-41(31)32;1-2-10-26(11-3-1)27-21-23-36-34(24-27)30-12-4-6-16-35(30)43(36)37-17-8-15-33-41-29(14-9-19-39(41)45-42(33)37)28-20-22-32-31-13-5-7-18-38(31)44-40(32)25-28;1-2-10-26(11-3-1)27-20-22-36-33(24-27)30-12-4-6-16-35(30)43(36)37-17-8-15-32-41-29(14-9-19-40(41)45-42(32)37)28-21-23-39-34(25-28)31-13-5-7-18-38(31)44-39/h3*1-25H. The first kappa shape index (κ1) is 75.8. The third-order valence-electron chi connectivity index (χ3n) is 27.6. The van der Waals surface area contributed by atoms with Crippen LogP contribution in [-0.4, -0.2) is 13.7 Å². The molecule has 9 aromatic heterocycles. The fourth-order valence-electron chi connectivity index (χ4n) is 21.6. The molecule has 0 aliphatic rings. The van der Waals surface area contributed by atoms with Gasteiger partial charge < -0.3 is 40.2 Å². The number of fused-ring (bicyclic) bond motifs is 27. The van der Waals surface area contributed by atoms with E-state index in [9.17, 15) is 0 Å². The minimum Gasteiger partial charge on any atom is -0.456 e. The summed E-state index contributed by atoms with van der Waals surface area (Å²) in [6.07, 6.45) is 0. The first-order chi connectivity index (χ1) is 67.0. The van der Waals surface area contributed by atoms with Crippen molar-refractivity contribution in [3.05, 3.63) is 455 Å². The van der Waals surface area contributed by atoms with E-state index in [0.717, 1.165) is 215 Å². The number of furan rings is 6. The molecule has 0 radical (unpaired) electrons. The summed E-state index contributed by atoms with van der Waals surface area (Å²) >= 11 is 0. The topological polar surface area (TPSA) is 93.6 Å². The van der Waals surface area contributed by atoms with Gasteiger partial charge in [-0.1, -0.05) is 322 Å². The van der Waals surface area contributed by atoms with Gasteiger partial charge in [-0.25, -0.2) is 0 Å². The smallest absolute Gasteiger partial charge is 0.159 e. The van der Waals surface area contributed by atoms with Gasteiger partial charge in [-0.15, -0.1) is 0 Å². The zero-order chi connectivity index (χ0) is 88.5. The maximum absolute atomic E-state index is 6.78. The summed E-state index contributed by atoms with van der Waals surface area (Å²) in [6, 6.07) is 161. The van der Waals surface area contributed by atoms with Crippen LogP contribution in [0.1, 0.15) is 0 Å². The van der Waals surface area contributed by atoms with Gasteiger partial charge in [-0.05, 0) is 195 Å². The normalized spacial score (nSPS) is 12.0. The summed E-state index contributed by atoms with van der Waals surface area (Å²) in [4.78, 5) is 0. The highest BCUT2D eigenvalue weighted by molar-refractivity contribution is 6.23. The highest BCUT2D eigenvalue weighted by Crippen LogP contribution is 2.50. The molecule has 0 saturated heterocycles. The first-order valence-corrected chi connectivity index (χ1v) is 45.8. The van der Waals surface area contributed by atoms with Crippen LogP contribution in [0.2, 0.25) is 0 Å². The molecule has 0 bridgehead atoms. The molecule has 135 heavy (non-hydrogen) atoms. The molecule has 0 spiro atoms. The Balaban J connectivity index is 0.000000101. The fourth-order valence-corrected chi connectivity index (χ4v) is 21.6. The lowest BCUT2D eigenvalue weighted by Gasteiger charge is -2.09. The van der Waals surface area contributed by atoms with Crippen molar-refractivity contribution >= 4 is 197 Å². The van der Waals surface area contributed by atoms with E-state index < -0.39 is 0 Å². The van der Waals surface area contributed by atoms with E-state index in [0.29, 0.717) is 0 Å². The molecule has 0 amide bonds. The van der Waals surface area contributed by atoms with Crippen molar-refractivity contribution in [1.29, 1.82) is 0 Å². The molecule has 0 aliphatic heterocycles. The lowest BCUT2D eigenvalue weighted by Crippen LogP contribution is -1.94. The predicted octanol–water partition coefficient (Wildman–Crippen LogP) is 35.7. The van der Waals surface area contributed by atoms with Crippen LogP contribution in [0, 0.1) is 0 Å². The predicted molar refractivity (Wildman–Crippen MR) is 559 cm³/mol. The Morgan fingerprint density at radius 3 is 0.867 bits per heavy atom. The van der Waals surface area contributed by atoms with Gasteiger partial charge in [-0.3, -0.25) is 0 Å². The molecule has 30 aromatic rings. The highest BCUT2D eigenvalue weighted by Gasteiger charge is 2.27. The Morgan fingerprint density at radius 1 is 0.126 bits per heavy atom. The lowest BCUT2D eigenvalue weighted by molar-refractivity contribution is 0.666. The number of hydrogen-bond donors (Lipinski definition) is 0. The van der Waals surface area contributed by atoms with Crippen LogP contribution in [0.5, 0.6) is 0 Å². The second-order valence-corrected chi connectivity index (χ2v) is 35.1. The van der Waals surface area contributed by atoms with Crippen molar-refractivity contribution in [3.63, 3.8) is 0 Å². The number of hydrogen-bond acceptors (Lipinski definition) is 6. The zero-order valence-corrected chi connectivity index (χ0v) is 72.6. The molecule has 0 unspecified atom stereocenters. The second kappa shape index (κ2) is 30.2. The zero-order valence-electron chi connectivity index (χ0n) is 72.6. The van der Waals surface area contributed by atoms with Crippen LogP contribution in [0.25, 0.3) is 281 Å². The van der Waals surface area contributed by atoms with Gasteiger partial charge in [-0.2, -0.15) is 0 Å². The SMILES string of the molecule is c1ccc(-c2ccc3c(c2)c2ccccc2n3-c2cccc3c2oc2cccc(-c4ccc5c(c4)oc4ccccc45)c23)cc1.c1ccc(-c2ccc3c(c2)c2ccccc2n3-c2cccc3c2oc2cccc(-c4ccc5oc6ccccc6c5c4)c23)cc1.c1ccc(-c2ccc3c(c2)c2ccccc2n3-c2cccc3c2oc2cccc(-c4cccc5c4oc4ccccc45)c23)cc1. The highest BCUT2D eigenvalue weighted by atomic mass is 16.4. The molecular formula is C126H75N3O6. The second-order valence-electron chi connectivity index (χ2n) is 35.1. The number of rotatable bonds is 9. The molecule has 0 atom stereocenters. The lowest BCUT2D eigenvalue weighted by atomic mass is 9.97. The number of para-hydroxylation sites is 10. The van der Waals surface area contributed by atoms with Crippen molar-refractivity contribution < 1.29 is 26.5 Å². The maximum atomic E-state index is 6.78. The minimum absolute atomic E-state index is 0.857. The van der Waals surface area contributed by atoms with Crippen LogP contribution in [0.4, 0.5) is 0 Å². The van der Waals surface area contributed by atoms with Gasteiger partial charge in [0.2, 0.25) is 0 Å². The molecule has 30 rings (SSSR count). The molecule has 0 fully saturated rings. The molecule has 0 aliphatic carbocycles. The summed E-state index contributed by atoms with van der Waals surface area (Å²) in [5, 5.41) is 20.7. The van der Waals surface area contributed by atoms with Crippen molar-refractivity contribution in [2.45, 2.75) is 0 Å². The van der Waals surface area contributed by atoms with E-state index in [1.165, 1.54) is 65.7 Å². The van der Waals surface area contributed by atoms with Crippen LogP contribution in [-0.2, 0) is 0 Å². The molecule has 630 valence electrons. The maximum Gasteiger partial charge on any atom is 0.159 e. The molecule has 9 heterocycles. The van der Waals surface area contributed by atoms with Gasteiger partial charge >= 0.3 is 0 Å². The van der Waals surface area contributed by atoms with Crippen LogP contribution in [0.3, 0.4) is 0 Å². The number of aromatic nitrogens is 3. The summed E-state index contributed by atoms with van der Waals surface area (Å²) in [5.74, 6) is 0. The average molecular weight is 1730 g/mol. The Labute approximate surface area is 770 Å². The van der Waals surface area contributed by atoms with Gasteiger partial charge in [0, 0.05) is 103 Å². The van der Waals surface area contributed by atoms with Gasteiger partial charge in [0.1, 0.15) is 50.2 Å². The third kappa shape index (κ3) is 11.9. The van der Waals surface area contributed by atoms with Crippen LogP contribution >= 0.6 is 0 Å². The van der Waals surface area contributed by atoms with Crippen LogP contribution < -0.4 is 0 Å². The summed E-state index contributed by atoms with van der Waals surface area (Å²) in [6.45, 7) is 0. The Bertz CT molecular complexity index is 10100. The van der Waals surface area contributed by atoms with E-state index in [-0.39, 0.29) is 0 Å². The largest absolute Gasteiger partial charge is 0.456 e. The molecular weight excluding hydrogens is 1650 g/mol. The van der Waals surface area contributed by atoms with Gasteiger partial charge in [0.25, 0.3) is 0 Å². The minimum atomic E-state index is 0.857. The van der Waals surface area contributed by atoms with Gasteiger partial charge in [0.15, 0.2) is 16.7 Å². The summed E-state index contributed by atoms with van der Waals surface area (Å²) < 4.78 is 46.2.